The van der Waals surface area contributed by atoms with E-state index in [-0.39, 0.29) is 0 Å². The number of halogens is 1. The smallest absolute Gasteiger partial charge is 0.162 e. The molecule has 0 aliphatic carbocycles. The summed E-state index contributed by atoms with van der Waals surface area (Å²) in [4.78, 5) is 10.3. The second-order valence-corrected chi connectivity index (χ2v) is 7.86. The second-order valence-electron chi connectivity index (χ2n) is 6.17. The number of nitrogens with one attached hydrogen (secondary N) is 1. The van der Waals surface area contributed by atoms with Crippen LogP contribution in [0.5, 0.6) is 11.5 Å². The van der Waals surface area contributed by atoms with Crippen molar-refractivity contribution in [1.29, 1.82) is 0 Å². The molecule has 2 aromatic carbocycles. The maximum absolute atomic E-state index is 5.44. The van der Waals surface area contributed by atoms with Crippen LogP contribution in [0.1, 0.15) is 0 Å². The standard InChI is InChI=1S/C21H19BrN4O2S/c1-27-16-9-6-14(10-17(16)28-2)24-21-20(13-4-7-15(29-3)8-5-13)25-19-11-23-18(22)12-26(19)21/h4-12,24H,1-3H3. The summed E-state index contributed by atoms with van der Waals surface area (Å²) in [5, 5.41) is 3.49. The summed E-state index contributed by atoms with van der Waals surface area (Å²) < 4.78 is 13.5. The maximum Gasteiger partial charge on any atom is 0.162 e. The molecule has 8 heteroatoms. The SMILES string of the molecule is COc1ccc(Nc2c(-c3ccc(SC)cc3)nc3cnc(Br)cn23)cc1OC. The van der Waals surface area contributed by atoms with Crippen LogP contribution in [0.15, 0.2) is 64.4 Å². The van der Waals surface area contributed by atoms with E-state index in [2.05, 4.69) is 56.8 Å². The minimum atomic E-state index is 0.653. The molecule has 0 saturated heterocycles. The van der Waals surface area contributed by atoms with Gasteiger partial charge in [0.25, 0.3) is 0 Å². The lowest BCUT2D eigenvalue weighted by Crippen LogP contribution is -1.99. The summed E-state index contributed by atoms with van der Waals surface area (Å²) >= 11 is 5.16. The fraction of sp³-hybridized carbons (Fsp3) is 0.143. The van der Waals surface area contributed by atoms with Crippen LogP contribution in [0.25, 0.3) is 16.9 Å². The van der Waals surface area contributed by atoms with E-state index in [4.69, 9.17) is 14.5 Å². The van der Waals surface area contributed by atoms with Crippen LogP contribution in [0.3, 0.4) is 0 Å². The Labute approximate surface area is 181 Å². The zero-order valence-electron chi connectivity index (χ0n) is 16.1. The van der Waals surface area contributed by atoms with Crippen LogP contribution in [-0.2, 0) is 0 Å². The van der Waals surface area contributed by atoms with Gasteiger partial charge in [-0.3, -0.25) is 4.40 Å². The minimum Gasteiger partial charge on any atom is -0.493 e. The normalized spacial score (nSPS) is 10.9. The summed E-state index contributed by atoms with van der Waals surface area (Å²) in [6.45, 7) is 0. The molecule has 4 aromatic rings. The number of ether oxygens (including phenoxy) is 2. The Kier molecular flexibility index (Phi) is 5.64. The van der Waals surface area contributed by atoms with Gasteiger partial charge >= 0.3 is 0 Å². The van der Waals surface area contributed by atoms with Crippen molar-refractivity contribution in [2.45, 2.75) is 4.90 Å². The van der Waals surface area contributed by atoms with Crippen LogP contribution in [-0.4, -0.2) is 34.8 Å². The zero-order valence-corrected chi connectivity index (χ0v) is 18.5. The van der Waals surface area contributed by atoms with E-state index in [0.717, 1.165) is 33.0 Å². The highest BCUT2D eigenvalue weighted by Gasteiger charge is 2.16. The molecule has 0 saturated carbocycles. The summed E-state index contributed by atoms with van der Waals surface area (Å²) in [5.41, 5.74) is 3.47. The first kappa shape index (κ1) is 19.6. The number of rotatable bonds is 6. The van der Waals surface area contributed by atoms with E-state index < -0.39 is 0 Å². The molecule has 0 atom stereocenters. The topological polar surface area (TPSA) is 60.7 Å². The Balaban J connectivity index is 1.84. The number of anilines is 2. The Morgan fingerprint density at radius 2 is 1.79 bits per heavy atom. The predicted octanol–water partition coefficient (Wildman–Crippen LogP) is 5.64. The molecule has 0 aliphatic rings. The van der Waals surface area contributed by atoms with Crippen LogP contribution in [0.4, 0.5) is 11.5 Å². The van der Waals surface area contributed by atoms with Crippen LogP contribution < -0.4 is 14.8 Å². The van der Waals surface area contributed by atoms with Gasteiger partial charge in [0.05, 0.1) is 20.4 Å². The van der Waals surface area contributed by atoms with Crippen molar-refractivity contribution in [3.8, 4) is 22.8 Å². The molecule has 29 heavy (non-hydrogen) atoms. The summed E-state index contributed by atoms with van der Waals surface area (Å²) in [7, 11) is 3.24. The van der Waals surface area contributed by atoms with Gasteiger partial charge in [-0.2, -0.15) is 0 Å². The van der Waals surface area contributed by atoms with Gasteiger partial charge in [0, 0.05) is 28.4 Å². The zero-order chi connectivity index (χ0) is 20.4. The summed E-state index contributed by atoms with van der Waals surface area (Å²) in [6.07, 6.45) is 5.70. The van der Waals surface area contributed by atoms with Crippen molar-refractivity contribution in [3.05, 3.63) is 59.5 Å². The van der Waals surface area contributed by atoms with Crippen molar-refractivity contribution in [2.75, 3.05) is 25.8 Å². The van der Waals surface area contributed by atoms with Crippen molar-refractivity contribution < 1.29 is 9.47 Å². The molecular weight excluding hydrogens is 452 g/mol. The maximum atomic E-state index is 5.44. The van der Waals surface area contributed by atoms with E-state index >= 15 is 0 Å². The first-order valence-electron chi connectivity index (χ1n) is 8.80. The first-order chi connectivity index (χ1) is 14.1. The quantitative estimate of drug-likeness (QED) is 0.367. The number of benzene rings is 2. The molecule has 148 valence electrons. The molecule has 0 fully saturated rings. The molecule has 2 aromatic heterocycles. The number of hydrogen-bond acceptors (Lipinski definition) is 6. The molecule has 0 amide bonds. The molecular formula is C21H19BrN4O2S. The Bertz CT molecular complexity index is 1160. The van der Waals surface area contributed by atoms with Crippen molar-refractivity contribution in [2.24, 2.45) is 0 Å². The highest BCUT2D eigenvalue weighted by Crippen LogP contribution is 2.35. The minimum absolute atomic E-state index is 0.653. The highest BCUT2D eigenvalue weighted by molar-refractivity contribution is 9.10. The fourth-order valence-corrected chi connectivity index (χ4v) is 3.77. The number of imidazole rings is 1. The van der Waals surface area contributed by atoms with E-state index in [0.29, 0.717) is 11.5 Å². The Morgan fingerprint density at radius 3 is 2.48 bits per heavy atom. The molecule has 0 radical (unpaired) electrons. The largest absolute Gasteiger partial charge is 0.493 e. The molecule has 0 aliphatic heterocycles. The molecule has 0 spiro atoms. The number of methoxy groups -OCH3 is 2. The van der Waals surface area contributed by atoms with Crippen LogP contribution >= 0.6 is 27.7 Å². The Morgan fingerprint density at radius 1 is 1.03 bits per heavy atom. The van der Waals surface area contributed by atoms with Gasteiger partial charge in [-0.1, -0.05) is 12.1 Å². The van der Waals surface area contributed by atoms with E-state index in [1.807, 2.05) is 28.8 Å². The third kappa shape index (κ3) is 3.90. The number of fused-ring (bicyclic) bond motifs is 1. The molecule has 1 N–H and O–H groups in total. The molecule has 2 heterocycles. The Hall–Kier alpha value is -2.71. The second kappa shape index (κ2) is 8.34. The van der Waals surface area contributed by atoms with Crippen molar-refractivity contribution in [3.63, 3.8) is 0 Å². The third-order valence-corrected chi connectivity index (χ3v) is 5.64. The molecule has 0 bridgehead atoms. The van der Waals surface area contributed by atoms with Crippen LogP contribution in [0.2, 0.25) is 0 Å². The lowest BCUT2D eigenvalue weighted by molar-refractivity contribution is 0.355. The van der Waals surface area contributed by atoms with Gasteiger partial charge in [-0.25, -0.2) is 9.97 Å². The van der Waals surface area contributed by atoms with E-state index in [1.54, 1.807) is 32.2 Å². The lowest BCUT2D eigenvalue weighted by Gasteiger charge is -2.12. The van der Waals surface area contributed by atoms with Gasteiger partial charge < -0.3 is 14.8 Å². The highest BCUT2D eigenvalue weighted by atomic mass is 79.9. The first-order valence-corrected chi connectivity index (χ1v) is 10.8. The molecule has 6 nitrogen and oxygen atoms in total. The average Bonchev–Trinajstić information content (AvgIpc) is 3.11. The molecule has 0 unspecified atom stereocenters. The van der Waals surface area contributed by atoms with Crippen LogP contribution in [0, 0.1) is 0 Å². The van der Waals surface area contributed by atoms with Gasteiger partial charge in [0.2, 0.25) is 0 Å². The number of hydrogen-bond donors (Lipinski definition) is 1. The van der Waals surface area contributed by atoms with Crippen molar-refractivity contribution in [1.82, 2.24) is 14.4 Å². The van der Waals surface area contributed by atoms with Gasteiger partial charge in [-0.05, 0) is 46.5 Å². The number of aromatic nitrogens is 3. The number of thioether (sulfide) groups is 1. The van der Waals surface area contributed by atoms with Gasteiger partial charge in [0.1, 0.15) is 16.1 Å². The summed E-state index contributed by atoms with van der Waals surface area (Å²) in [5.74, 6) is 2.17. The predicted molar refractivity (Wildman–Crippen MR) is 121 cm³/mol. The van der Waals surface area contributed by atoms with Gasteiger partial charge in [0.15, 0.2) is 17.1 Å². The van der Waals surface area contributed by atoms with Gasteiger partial charge in [-0.15, -0.1) is 11.8 Å². The lowest BCUT2D eigenvalue weighted by atomic mass is 10.1. The van der Waals surface area contributed by atoms with Crippen molar-refractivity contribution >= 4 is 44.8 Å². The third-order valence-electron chi connectivity index (χ3n) is 4.49. The van der Waals surface area contributed by atoms with E-state index in [1.165, 1.54) is 4.90 Å². The number of nitrogens with zero attached hydrogens (tertiary/aromatic N) is 3. The summed E-state index contributed by atoms with van der Waals surface area (Å²) in [6, 6.07) is 14.1. The fourth-order valence-electron chi connectivity index (χ4n) is 3.05. The average molecular weight is 471 g/mol. The monoisotopic (exact) mass is 470 g/mol. The van der Waals surface area contributed by atoms with E-state index in [9.17, 15) is 0 Å². The molecule has 4 rings (SSSR count).